The van der Waals surface area contributed by atoms with Gasteiger partial charge in [-0.25, -0.2) is 0 Å². The van der Waals surface area contributed by atoms with Gasteiger partial charge in [-0.2, -0.15) is 0 Å². The average Bonchev–Trinajstić information content (AvgIpc) is 2.88. The van der Waals surface area contributed by atoms with E-state index in [1.165, 1.54) is 19.3 Å². The Hall–Kier alpha value is -0.610. The van der Waals surface area contributed by atoms with Crippen LogP contribution in [0, 0.1) is 16.7 Å². The Balaban J connectivity index is 1.76. The fraction of sp³-hybridized carbons (Fsp3) is 0.941. The van der Waals surface area contributed by atoms with E-state index in [2.05, 4.69) is 33.0 Å². The Morgan fingerprint density at radius 2 is 1.90 bits per heavy atom. The molecular weight excluding hydrogens is 264 g/mol. The van der Waals surface area contributed by atoms with Crippen molar-refractivity contribution in [2.45, 2.75) is 77.5 Å². The highest BCUT2D eigenvalue weighted by molar-refractivity contribution is 5.89. The van der Waals surface area contributed by atoms with Crippen LogP contribution in [-0.4, -0.2) is 30.2 Å². The summed E-state index contributed by atoms with van der Waals surface area (Å²) in [5.41, 5.74) is 5.74. The lowest BCUT2D eigenvalue weighted by Gasteiger charge is -2.61. The molecule has 0 radical (unpaired) electrons. The Kier molecular flexibility index (Phi) is 3.42. The van der Waals surface area contributed by atoms with Gasteiger partial charge in [0, 0.05) is 24.0 Å². The first-order valence-electron chi connectivity index (χ1n) is 8.43. The highest BCUT2D eigenvalue weighted by Crippen LogP contribution is 2.58. The zero-order valence-electron chi connectivity index (χ0n) is 13.9. The summed E-state index contributed by atoms with van der Waals surface area (Å²) in [6.45, 7) is 9.40. The van der Waals surface area contributed by atoms with Crippen molar-refractivity contribution in [3.63, 3.8) is 0 Å². The van der Waals surface area contributed by atoms with Crippen LogP contribution < -0.4 is 11.1 Å². The maximum Gasteiger partial charge on any atom is 0.241 e. The number of amides is 1. The predicted molar refractivity (Wildman–Crippen MR) is 82.7 cm³/mol. The Morgan fingerprint density at radius 1 is 1.19 bits per heavy atom. The number of carbonyl (C=O) groups is 1. The molecule has 2 saturated carbocycles. The van der Waals surface area contributed by atoms with Crippen molar-refractivity contribution < 1.29 is 9.53 Å². The number of carbonyl (C=O) groups excluding carboxylic acids is 1. The SMILES string of the molecule is CC1(C)CCCCC1NC(=O)C1(N)C2CCOC2C1(C)C. The highest BCUT2D eigenvalue weighted by atomic mass is 16.5. The van der Waals surface area contributed by atoms with Gasteiger partial charge in [0.1, 0.15) is 5.54 Å². The Morgan fingerprint density at radius 3 is 2.57 bits per heavy atom. The summed E-state index contributed by atoms with van der Waals surface area (Å²) in [4.78, 5) is 13.0. The summed E-state index contributed by atoms with van der Waals surface area (Å²) in [7, 11) is 0. The first-order valence-corrected chi connectivity index (χ1v) is 8.43. The molecule has 4 heteroatoms. The highest BCUT2D eigenvalue weighted by Gasteiger charge is 2.71. The van der Waals surface area contributed by atoms with Gasteiger partial charge in [0.25, 0.3) is 0 Å². The molecule has 1 amide bonds. The van der Waals surface area contributed by atoms with Crippen LogP contribution in [0.2, 0.25) is 0 Å². The zero-order valence-corrected chi connectivity index (χ0v) is 13.9. The van der Waals surface area contributed by atoms with Gasteiger partial charge in [0.2, 0.25) is 5.91 Å². The summed E-state index contributed by atoms with van der Waals surface area (Å²) < 4.78 is 5.78. The lowest BCUT2D eigenvalue weighted by Crippen LogP contribution is -2.80. The molecule has 1 aliphatic heterocycles. The van der Waals surface area contributed by atoms with E-state index in [0.29, 0.717) is 0 Å². The molecule has 4 nitrogen and oxygen atoms in total. The molecule has 0 aromatic heterocycles. The van der Waals surface area contributed by atoms with Crippen LogP contribution >= 0.6 is 0 Å². The van der Waals surface area contributed by atoms with Crippen molar-refractivity contribution >= 4 is 5.91 Å². The third-order valence-corrected chi connectivity index (χ3v) is 6.64. The molecule has 4 atom stereocenters. The van der Waals surface area contributed by atoms with Crippen LogP contribution in [0.1, 0.15) is 59.8 Å². The van der Waals surface area contributed by atoms with Gasteiger partial charge in [-0.05, 0) is 24.7 Å². The molecule has 2 aliphatic carbocycles. The predicted octanol–water partition coefficient (Wildman–Crippen LogP) is 2.21. The summed E-state index contributed by atoms with van der Waals surface area (Å²) in [5, 5.41) is 3.30. The number of hydrogen-bond donors (Lipinski definition) is 2. The van der Waals surface area contributed by atoms with Crippen LogP contribution in [0.5, 0.6) is 0 Å². The van der Waals surface area contributed by atoms with E-state index < -0.39 is 5.54 Å². The Labute approximate surface area is 128 Å². The summed E-state index contributed by atoms with van der Waals surface area (Å²) in [5.74, 6) is 0.221. The number of nitrogens with two attached hydrogens (primary N) is 1. The molecule has 3 N–H and O–H groups in total. The molecule has 1 saturated heterocycles. The summed E-state index contributed by atoms with van der Waals surface area (Å²) >= 11 is 0. The second kappa shape index (κ2) is 4.69. The Bertz CT molecular complexity index is 446. The standard InChI is InChI=1S/C17H30N2O2/c1-15(2)9-6-5-7-12(15)19-14(20)17(18)11-8-10-21-13(11)16(17,3)4/h11-13H,5-10,18H2,1-4H3,(H,19,20). The van der Waals surface area contributed by atoms with E-state index in [0.717, 1.165) is 19.4 Å². The molecule has 3 aliphatic rings. The molecule has 21 heavy (non-hydrogen) atoms. The van der Waals surface area contributed by atoms with Gasteiger partial charge < -0.3 is 15.8 Å². The molecule has 0 spiro atoms. The van der Waals surface area contributed by atoms with Gasteiger partial charge in [-0.3, -0.25) is 4.79 Å². The number of rotatable bonds is 2. The molecule has 3 rings (SSSR count). The first-order chi connectivity index (χ1) is 9.71. The molecule has 1 heterocycles. The second-order valence-electron chi connectivity index (χ2n) is 8.54. The van der Waals surface area contributed by atoms with Crippen molar-refractivity contribution in [3.05, 3.63) is 0 Å². The van der Waals surface area contributed by atoms with E-state index in [4.69, 9.17) is 10.5 Å². The fourth-order valence-corrected chi connectivity index (χ4v) is 4.88. The fourth-order valence-electron chi connectivity index (χ4n) is 4.88. The van der Waals surface area contributed by atoms with Gasteiger partial charge in [-0.1, -0.05) is 40.5 Å². The van der Waals surface area contributed by atoms with E-state index >= 15 is 0 Å². The van der Waals surface area contributed by atoms with Crippen molar-refractivity contribution in [1.29, 1.82) is 0 Å². The molecule has 0 aromatic carbocycles. The quantitative estimate of drug-likeness (QED) is 0.820. The van der Waals surface area contributed by atoms with E-state index in [9.17, 15) is 4.79 Å². The van der Waals surface area contributed by atoms with Crippen LogP contribution in [0.15, 0.2) is 0 Å². The van der Waals surface area contributed by atoms with Crippen molar-refractivity contribution in [2.24, 2.45) is 22.5 Å². The van der Waals surface area contributed by atoms with Crippen LogP contribution in [0.25, 0.3) is 0 Å². The van der Waals surface area contributed by atoms with Gasteiger partial charge in [0.15, 0.2) is 0 Å². The summed E-state index contributed by atoms with van der Waals surface area (Å²) in [6, 6.07) is 0.247. The third-order valence-electron chi connectivity index (χ3n) is 6.64. The monoisotopic (exact) mass is 294 g/mol. The van der Waals surface area contributed by atoms with Crippen molar-refractivity contribution in [1.82, 2.24) is 5.32 Å². The van der Waals surface area contributed by atoms with E-state index in [1.807, 2.05) is 0 Å². The van der Waals surface area contributed by atoms with Gasteiger partial charge >= 0.3 is 0 Å². The topological polar surface area (TPSA) is 64.4 Å². The minimum Gasteiger partial charge on any atom is -0.377 e. The normalized spacial score (nSPS) is 43.8. The minimum absolute atomic E-state index is 0.0409. The third kappa shape index (κ3) is 1.98. The van der Waals surface area contributed by atoms with Crippen LogP contribution in [0.4, 0.5) is 0 Å². The van der Waals surface area contributed by atoms with Gasteiger partial charge in [0.05, 0.1) is 6.10 Å². The van der Waals surface area contributed by atoms with Crippen LogP contribution in [-0.2, 0) is 9.53 Å². The largest absolute Gasteiger partial charge is 0.377 e. The van der Waals surface area contributed by atoms with Crippen molar-refractivity contribution in [2.75, 3.05) is 6.61 Å². The number of hydrogen-bond acceptors (Lipinski definition) is 3. The smallest absolute Gasteiger partial charge is 0.241 e. The lowest BCUT2D eigenvalue weighted by atomic mass is 9.47. The molecule has 3 fully saturated rings. The maximum absolute atomic E-state index is 13.0. The first kappa shape index (κ1) is 15.3. The van der Waals surface area contributed by atoms with Gasteiger partial charge in [-0.15, -0.1) is 0 Å². The number of fused-ring (bicyclic) bond motifs is 1. The van der Waals surface area contributed by atoms with E-state index in [-0.39, 0.29) is 34.8 Å². The van der Waals surface area contributed by atoms with Crippen LogP contribution in [0.3, 0.4) is 0 Å². The lowest BCUT2D eigenvalue weighted by molar-refractivity contribution is -0.176. The minimum atomic E-state index is -0.776. The number of ether oxygens (including phenoxy) is 1. The average molecular weight is 294 g/mol. The molecule has 0 aromatic rings. The van der Waals surface area contributed by atoms with E-state index in [1.54, 1.807) is 0 Å². The molecule has 0 bridgehead atoms. The molecule has 120 valence electrons. The molecule has 4 unspecified atom stereocenters. The number of nitrogens with one attached hydrogen (secondary N) is 1. The maximum atomic E-state index is 13.0. The zero-order chi connectivity index (χ0) is 15.5. The second-order valence-corrected chi connectivity index (χ2v) is 8.54. The summed E-state index contributed by atoms with van der Waals surface area (Å²) in [6.07, 6.45) is 5.76. The molecular formula is C17H30N2O2. The van der Waals surface area contributed by atoms with Crippen molar-refractivity contribution in [3.8, 4) is 0 Å².